The Labute approximate surface area is 140 Å². The highest BCUT2D eigenvalue weighted by atomic mass is 16.5. The van der Waals surface area contributed by atoms with Crippen molar-refractivity contribution in [2.75, 3.05) is 7.11 Å². The number of fused-ring (bicyclic) bond motifs is 1. The molecule has 0 unspecified atom stereocenters. The highest BCUT2D eigenvalue weighted by molar-refractivity contribution is 5.88. The van der Waals surface area contributed by atoms with Crippen molar-refractivity contribution in [1.82, 2.24) is 9.78 Å². The van der Waals surface area contributed by atoms with Crippen molar-refractivity contribution >= 4 is 5.97 Å². The largest absolute Gasteiger partial charge is 0.497 e. The predicted molar refractivity (Wildman–Crippen MR) is 91.4 cm³/mol. The molecule has 0 aliphatic heterocycles. The fourth-order valence-electron chi connectivity index (χ4n) is 2.77. The molecule has 5 nitrogen and oxygen atoms in total. The van der Waals surface area contributed by atoms with E-state index in [2.05, 4.69) is 11.2 Å². The minimum absolute atomic E-state index is 0.259. The van der Waals surface area contributed by atoms with Crippen molar-refractivity contribution in [3.8, 4) is 5.69 Å². The highest BCUT2D eigenvalue weighted by Crippen LogP contribution is 2.19. The summed E-state index contributed by atoms with van der Waals surface area (Å²) < 4.78 is 7.11. The number of methoxy groups -OCH3 is 1. The zero-order valence-corrected chi connectivity index (χ0v) is 13.6. The molecule has 1 heterocycles. The van der Waals surface area contributed by atoms with Crippen molar-refractivity contribution in [2.45, 2.75) is 25.7 Å². The average molecular weight is 324 g/mol. The average Bonchev–Trinajstić information content (AvgIpc) is 3.01. The first-order chi connectivity index (χ1) is 11.7. The van der Waals surface area contributed by atoms with Crippen LogP contribution in [0.1, 0.15) is 34.5 Å². The number of hydrogen-bond donors (Lipinski definition) is 1. The minimum Gasteiger partial charge on any atom is -0.497 e. The first-order valence-electron chi connectivity index (χ1n) is 7.99. The van der Waals surface area contributed by atoms with E-state index in [1.165, 1.54) is 5.56 Å². The first-order valence-corrected chi connectivity index (χ1v) is 7.99. The number of hydrogen-bond acceptors (Lipinski definition) is 3. The molecule has 0 atom stereocenters. The molecule has 0 bridgehead atoms. The second kappa shape index (κ2) is 7.17. The van der Waals surface area contributed by atoms with Gasteiger partial charge >= 0.3 is 5.97 Å². The smallest absolute Gasteiger partial charge is 0.335 e. The lowest BCUT2D eigenvalue weighted by atomic mass is 10.1. The van der Waals surface area contributed by atoms with Crippen molar-refractivity contribution in [2.24, 2.45) is 0 Å². The lowest BCUT2D eigenvalue weighted by Crippen LogP contribution is -2.00. The summed E-state index contributed by atoms with van der Waals surface area (Å²) in [5, 5.41) is 13.8. The van der Waals surface area contributed by atoms with E-state index in [1.807, 2.05) is 24.4 Å². The van der Waals surface area contributed by atoms with Gasteiger partial charge in [-0.25, -0.2) is 9.48 Å². The number of aromatic carboxylic acids is 1. The lowest BCUT2D eigenvalue weighted by molar-refractivity contribution is 0.0697. The molecule has 1 N–H and O–H groups in total. The maximum absolute atomic E-state index is 11.2. The number of nitrogens with zero attached hydrogens (tertiary/aromatic N) is 2. The van der Waals surface area contributed by atoms with Gasteiger partial charge in [0.2, 0.25) is 0 Å². The van der Waals surface area contributed by atoms with Crippen LogP contribution >= 0.6 is 0 Å². The second-order valence-electron chi connectivity index (χ2n) is 5.71. The van der Waals surface area contributed by atoms with E-state index in [1.54, 1.807) is 30.0 Å². The molecule has 3 rings (SSSR count). The summed E-state index contributed by atoms with van der Waals surface area (Å²) >= 11 is 0. The Morgan fingerprint density at radius 1 is 1.38 bits per heavy atom. The van der Waals surface area contributed by atoms with E-state index in [4.69, 9.17) is 9.84 Å². The van der Waals surface area contributed by atoms with E-state index in [-0.39, 0.29) is 5.56 Å². The van der Waals surface area contributed by atoms with Crippen molar-refractivity contribution in [1.29, 1.82) is 0 Å². The number of allylic oxidation sites excluding steroid dienone is 3. The maximum atomic E-state index is 11.2. The van der Waals surface area contributed by atoms with Crippen LogP contribution in [-0.2, 0) is 17.6 Å². The normalized spacial score (nSPS) is 14.6. The summed E-state index contributed by atoms with van der Waals surface area (Å²) in [6.45, 7) is 0. The molecule has 0 amide bonds. The van der Waals surface area contributed by atoms with Gasteiger partial charge in [-0.05, 0) is 55.2 Å². The maximum Gasteiger partial charge on any atom is 0.335 e. The highest BCUT2D eigenvalue weighted by Gasteiger charge is 2.12. The van der Waals surface area contributed by atoms with Crippen LogP contribution in [-0.4, -0.2) is 28.0 Å². The molecule has 1 aliphatic carbocycles. The summed E-state index contributed by atoms with van der Waals surface area (Å²) in [6, 6.07) is 6.82. The number of aromatic nitrogens is 2. The molecule has 0 saturated heterocycles. The van der Waals surface area contributed by atoms with Gasteiger partial charge in [0.05, 0.1) is 24.1 Å². The molecular weight excluding hydrogens is 304 g/mol. The Balaban J connectivity index is 1.95. The summed E-state index contributed by atoms with van der Waals surface area (Å²) in [6.07, 6.45) is 11.8. The van der Waals surface area contributed by atoms with Crippen molar-refractivity contribution < 1.29 is 14.6 Å². The number of benzene rings is 1. The van der Waals surface area contributed by atoms with Gasteiger partial charge in [0.25, 0.3) is 0 Å². The standard InChI is InChI=1S/C19H20N2O3/c1-24-17-9-4-2-3-6-15-13-21(20-18(15)11-10-17)16-8-5-7-14(12-16)19(22)23/h4-5,7-10,12-13H,2-3,6,11H2,1H3,(H,22,23). The lowest BCUT2D eigenvalue weighted by Gasteiger charge is -2.04. The molecule has 1 aromatic carbocycles. The van der Waals surface area contributed by atoms with Crippen molar-refractivity contribution in [3.05, 3.63) is 71.3 Å². The Bertz CT molecular complexity index is 803. The number of carboxylic acid groups (broad SMARTS) is 1. The van der Waals surface area contributed by atoms with E-state index in [0.717, 1.165) is 36.4 Å². The van der Waals surface area contributed by atoms with E-state index >= 15 is 0 Å². The second-order valence-corrected chi connectivity index (χ2v) is 5.71. The molecule has 5 heteroatoms. The third-order valence-electron chi connectivity index (χ3n) is 4.07. The zero-order chi connectivity index (χ0) is 16.9. The van der Waals surface area contributed by atoms with E-state index in [9.17, 15) is 4.79 Å². The molecule has 24 heavy (non-hydrogen) atoms. The van der Waals surface area contributed by atoms with Crippen LogP contribution in [0, 0.1) is 0 Å². The fourth-order valence-corrected chi connectivity index (χ4v) is 2.77. The number of ether oxygens (including phenoxy) is 1. The number of aryl methyl sites for hydroxylation is 1. The molecule has 2 aromatic rings. The zero-order valence-electron chi connectivity index (χ0n) is 13.6. The van der Waals surface area contributed by atoms with Crippen LogP contribution in [0.4, 0.5) is 0 Å². The molecule has 0 spiro atoms. The van der Waals surface area contributed by atoms with Crippen LogP contribution in [0.3, 0.4) is 0 Å². The summed E-state index contributed by atoms with van der Waals surface area (Å²) in [4.78, 5) is 11.2. The van der Waals surface area contributed by atoms with E-state index < -0.39 is 5.97 Å². The molecule has 1 aromatic heterocycles. The van der Waals surface area contributed by atoms with Gasteiger partial charge in [0.15, 0.2) is 0 Å². The minimum atomic E-state index is -0.936. The molecule has 0 radical (unpaired) electrons. The Morgan fingerprint density at radius 3 is 3.04 bits per heavy atom. The van der Waals surface area contributed by atoms with Crippen LogP contribution in [0.2, 0.25) is 0 Å². The van der Waals surface area contributed by atoms with Gasteiger partial charge in [-0.1, -0.05) is 12.1 Å². The third kappa shape index (κ3) is 3.56. The van der Waals surface area contributed by atoms with Crippen LogP contribution in [0.25, 0.3) is 5.69 Å². The van der Waals surface area contributed by atoms with Crippen LogP contribution in [0.15, 0.2) is 54.4 Å². The fraction of sp³-hybridized carbons (Fsp3) is 0.263. The predicted octanol–water partition coefficient (Wildman–Crippen LogP) is 3.54. The van der Waals surface area contributed by atoms with Gasteiger partial charge in [-0.3, -0.25) is 0 Å². The Kier molecular flexibility index (Phi) is 4.79. The molecule has 0 fully saturated rings. The summed E-state index contributed by atoms with van der Waals surface area (Å²) in [7, 11) is 1.67. The van der Waals surface area contributed by atoms with E-state index in [0.29, 0.717) is 6.42 Å². The molecule has 1 aliphatic rings. The number of rotatable bonds is 3. The van der Waals surface area contributed by atoms with Crippen LogP contribution in [0.5, 0.6) is 0 Å². The van der Waals surface area contributed by atoms with Gasteiger partial charge in [-0.2, -0.15) is 5.10 Å². The van der Waals surface area contributed by atoms with Crippen LogP contribution < -0.4 is 0 Å². The number of carbonyl (C=O) groups is 1. The first kappa shape index (κ1) is 16.1. The summed E-state index contributed by atoms with van der Waals surface area (Å²) in [5.74, 6) is -0.0978. The number of carboxylic acids is 1. The van der Waals surface area contributed by atoms with Gasteiger partial charge in [0.1, 0.15) is 5.76 Å². The SMILES string of the molecule is COC1=CCc2nn(-c3cccc(C(=O)O)c3)cc2CCCC=C1. The Morgan fingerprint density at radius 2 is 2.25 bits per heavy atom. The Hall–Kier alpha value is -2.82. The topological polar surface area (TPSA) is 64.4 Å². The van der Waals surface area contributed by atoms with Gasteiger partial charge in [0, 0.05) is 12.6 Å². The van der Waals surface area contributed by atoms with Gasteiger partial charge in [-0.15, -0.1) is 0 Å². The quantitative estimate of drug-likeness (QED) is 0.938. The third-order valence-corrected chi connectivity index (χ3v) is 4.07. The summed E-state index contributed by atoms with van der Waals surface area (Å²) in [5.41, 5.74) is 3.21. The molecular formula is C19H20N2O3. The molecule has 124 valence electrons. The molecule has 0 saturated carbocycles. The monoisotopic (exact) mass is 324 g/mol. The van der Waals surface area contributed by atoms with Gasteiger partial charge < -0.3 is 9.84 Å². The van der Waals surface area contributed by atoms with Crippen molar-refractivity contribution in [3.63, 3.8) is 0 Å².